The van der Waals surface area contributed by atoms with Crippen molar-refractivity contribution in [1.82, 2.24) is 4.90 Å². The fraction of sp³-hybridized carbons (Fsp3) is 0.611. The largest absolute Gasteiger partial charge is 0.493 e. The number of nitrogens with zero attached hydrogens (tertiary/aromatic N) is 1. The second kappa shape index (κ2) is 8.06. The summed E-state index contributed by atoms with van der Waals surface area (Å²) < 4.78 is 11.1. The number of benzene rings is 1. The Hall–Kier alpha value is -1.71. The number of rotatable bonds is 7. The minimum atomic E-state index is 0.295. The van der Waals surface area contributed by atoms with Crippen LogP contribution in [0.5, 0.6) is 11.5 Å². The van der Waals surface area contributed by atoms with E-state index in [-0.39, 0.29) is 0 Å². The monoisotopic (exact) mass is 305 g/mol. The van der Waals surface area contributed by atoms with Crippen LogP contribution in [0.1, 0.15) is 33.1 Å². The van der Waals surface area contributed by atoms with E-state index >= 15 is 0 Å². The summed E-state index contributed by atoms with van der Waals surface area (Å²) >= 11 is 0. The fourth-order valence-corrected chi connectivity index (χ4v) is 2.85. The van der Waals surface area contributed by atoms with Gasteiger partial charge in [0.2, 0.25) is 5.91 Å². The van der Waals surface area contributed by atoms with Crippen molar-refractivity contribution in [3.05, 3.63) is 24.3 Å². The van der Waals surface area contributed by atoms with E-state index in [4.69, 9.17) is 9.47 Å². The van der Waals surface area contributed by atoms with Crippen molar-refractivity contribution < 1.29 is 14.3 Å². The lowest BCUT2D eigenvalue weighted by atomic mass is 10.1. The smallest absolute Gasteiger partial charge is 0.222 e. The van der Waals surface area contributed by atoms with Gasteiger partial charge in [-0.3, -0.25) is 4.79 Å². The zero-order valence-corrected chi connectivity index (χ0v) is 13.9. The van der Waals surface area contributed by atoms with Crippen molar-refractivity contribution in [1.29, 1.82) is 0 Å². The van der Waals surface area contributed by atoms with E-state index in [0.717, 1.165) is 37.4 Å². The Morgan fingerprint density at radius 3 is 2.73 bits per heavy atom. The highest BCUT2D eigenvalue weighted by atomic mass is 16.5. The number of hydrogen-bond acceptors (Lipinski definition) is 3. The van der Waals surface area contributed by atoms with Crippen LogP contribution in [0.3, 0.4) is 0 Å². The van der Waals surface area contributed by atoms with Crippen LogP contribution >= 0.6 is 0 Å². The van der Waals surface area contributed by atoms with Gasteiger partial charge in [0.05, 0.1) is 13.7 Å². The van der Waals surface area contributed by atoms with Gasteiger partial charge in [-0.25, -0.2) is 0 Å². The van der Waals surface area contributed by atoms with Crippen molar-refractivity contribution in [3.8, 4) is 11.5 Å². The SMILES string of the molecule is COc1ccccc1OCC[C@H]1CCN(C(=O)CC(C)C)C1. The van der Waals surface area contributed by atoms with Gasteiger partial charge in [-0.1, -0.05) is 26.0 Å². The first-order valence-corrected chi connectivity index (χ1v) is 8.13. The van der Waals surface area contributed by atoms with Gasteiger partial charge in [0, 0.05) is 19.5 Å². The molecule has 1 amide bonds. The highest BCUT2D eigenvalue weighted by Crippen LogP contribution is 2.27. The molecular weight excluding hydrogens is 278 g/mol. The number of carbonyl (C=O) groups excluding carboxylic acids is 1. The number of amides is 1. The van der Waals surface area contributed by atoms with Crippen LogP contribution in [0.2, 0.25) is 0 Å². The lowest BCUT2D eigenvalue weighted by Crippen LogP contribution is -2.29. The topological polar surface area (TPSA) is 38.8 Å². The Kier molecular flexibility index (Phi) is 6.10. The lowest BCUT2D eigenvalue weighted by Gasteiger charge is -2.18. The van der Waals surface area contributed by atoms with E-state index in [1.54, 1.807) is 7.11 Å². The van der Waals surface area contributed by atoms with Crippen LogP contribution in [0, 0.1) is 11.8 Å². The third-order valence-electron chi connectivity index (χ3n) is 4.07. The molecule has 0 radical (unpaired) electrons. The van der Waals surface area contributed by atoms with Gasteiger partial charge in [0.15, 0.2) is 11.5 Å². The Morgan fingerprint density at radius 1 is 1.32 bits per heavy atom. The molecule has 0 saturated carbocycles. The molecule has 1 saturated heterocycles. The molecule has 1 aliphatic heterocycles. The predicted octanol–water partition coefficient (Wildman–Crippen LogP) is 3.36. The first kappa shape index (κ1) is 16.7. The molecule has 2 rings (SSSR count). The second-order valence-corrected chi connectivity index (χ2v) is 6.38. The van der Waals surface area contributed by atoms with Gasteiger partial charge in [0.1, 0.15) is 0 Å². The second-order valence-electron chi connectivity index (χ2n) is 6.38. The number of ether oxygens (including phenoxy) is 2. The molecule has 0 aromatic heterocycles. The number of likely N-dealkylation sites (tertiary alicyclic amines) is 1. The molecule has 4 heteroatoms. The van der Waals surface area contributed by atoms with Gasteiger partial charge in [0.25, 0.3) is 0 Å². The quantitative estimate of drug-likeness (QED) is 0.775. The highest BCUT2D eigenvalue weighted by molar-refractivity contribution is 5.76. The van der Waals surface area contributed by atoms with Crippen LogP contribution in [-0.4, -0.2) is 37.6 Å². The van der Waals surface area contributed by atoms with Gasteiger partial charge in [-0.2, -0.15) is 0 Å². The van der Waals surface area contributed by atoms with Crippen LogP contribution in [0.15, 0.2) is 24.3 Å². The van der Waals surface area contributed by atoms with Crippen molar-refractivity contribution in [2.45, 2.75) is 33.1 Å². The molecule has 0 aliphatic carbocycles. The summed E-state index contributed by atoms with van der Waals surface area (Å²) in [6.07, 6.45) is 2.72. The molecule has 0 bridgehead atoms. The average Bonchev–Trinajstić information content (AvgIpc) is 2.96. The molecule has 1 aromatic rings. The molecule has 1 aliphatic rings. The molecule has 0 N–H and O–H groups in total. The highest BCUT2D eigenvalue weighted by Gasteiger charge is 2.26. The Bertz CT molecular complexity index is 487. The summed E-state index contributed by atoms with van der Waals surface area (Å²) in [5, 5.41) is 0. The van der Waals surface area contributed by atoms with E-state index in [1.165, 1.54) is 0 Å². The summed E-state index contributed by atoms with van der Waals surface area (Å²) in [5.74, 6) is 2.83. The zero-order chi connectivity index (χ0) is 15.9. The molecule has 122 valence electrons. The van der Waals surface area contributed by atoms with Gasteiger partial charge in [-0.15, -0.1) is 0 Å². The fourth-order valence-electron chi connectivity index (χ4n) is 2.85. The van der Waals surface area contributed by atoms with E-state index in [0.29, 0.717) is 30.8 Å². The van der Waals surface area contributed by atoms with Crippen LogP contribution in [0.25, 0.3) is 0 Å². The number of hydrogen-bond donors (Lipinski definition) is 0. The molecule has 4 nitrogen and oxygen atoms in total. The Labute approximate surface area is 133 Å². The summed E-state index contributed by atoms with van der Waals surface area (Å²) in [6.45, 7) is 6.61. The van der Waals surface area contributed by atoms with Crippen molar-refractivity contribution in [3.63, 3.8) is 0 Å². The molecule has 1 atom stereocenters. The van der Waals surface area contributed by atoms with E-state index in [2.05, 4.69) is 13.8 Å². The third kappa shape index (κ3) is 4.65. The molecule has 0 unspecified atom stereocenters. The average molecular weight is 305 g/mol. The van der Waals surface area contributed by atoms with Crippen molar-refractivity contribution in [2.75, 3.05) is 26.8 Å². The maximum atomic E-state index is 12.1. The number of carbonyl (C=O) groups is 1. The summed E-state index contributed by atoms with van der Waals surface area (Å²) in [7, 11) is 1.65. The molecule has 0 spiro atoms. The summed E-state index contributed by atoms with van der Waals surface area (Å²) in [5.41, 5.74) is 0. The number of methoxy groups -OCH3 is 1. The van der Waals surface area contributed by atoms with E-state index in [1.807, 2.05) is 29.2 Å². The minimum absolute atomic E-state index is 0.295. The maximum absolute atomic E-state index is 12.1. The van der Waals surface area contributed by atoms with Crippen LogP contribution in [0.4, 0.5) is 0 Å². The predicted molar refractivity (Wildman–Crippen MR) is 87.2 cm³/mol. The van der Waals surface area contributed by atoms with Gasteiger partial charge < -0.3 is 14.4 Å². The standard InChI is InChI=1S/C18H27NO3/c1-14(2)12-18(20)19-10-8-15(13-19)9-11-22-17-7-5-4-6-16(17)21-3/h4-7,14-15H,8-13H2,1-3H3/t15-/m1/s1. The van der Waals surface area contributed by atoms with E-state index < -0.39 is 0 Å². The lowest BCUT2D eigenvalue weighted by molar-refractivity contribution is -0.131. The summed E-state index contributed by atoms with van der Waals surface area (Å²) in [6, 6.07) is 7.70. The van der Waals surface area contributed by atoms with Crippen LogP contribution < -0.4 is 9.47 Å². The first-order valence-electron chi connectivity index (χ1n) is 8.13. The normalized spacial score (nSPS) is 17.8. The molecule has 1 heterocycles. The van der Waals surface area contributed by atoms with E-state index in [9.17, 15) is 4.79 Å². The number of para-hydroxylation sites is 2. The third-order valence-corrected chi connectivity index (χ3v) is 4.07. The molecular formula is C18H27NO3. The minimum Gasteiger partial charge on any atom is -0.493 e. The zero-order valence-electron chi connectivity index (χ0n) is 13.9. The van der Waals surface area contributed by atoms with Crippen molar-refractivity contribution >= 4 is 5.91 Å². The Balaban J connectivity index is 1.73. The maximum Gasteiger partial charge on any atom is 0.222 e. The van der Waals surface area contributed by atoms with Gasteiger partial charge >= 0.3 is 0 Å². The molecule has 22 heavy (non-hydrogen) atoms. The van der Waals surface area contributed by atoms with Gasteiger partial charge in [-0.05, 0) is 36.8 Å². The first-order chi connectivity index (χ1) is 10.6. The molecule has 1 aromatic carbocycles. The van der Waals surface area contributed by atoms with Crippen molar-refractivity contribution in [2.24, 2.45) is 11.8 Å². The molecule has 1 fully saturated rings. The van der Waals surface area contributed by atoms with Crippen LogP contribution in [-0.2, 0) is 4.79 Å². The summed E-state index contributed by atoms with van der Waals surface area (Å²) in [4.78, 5) is 14.1. The Morgan fingerprint density at radius 2 is 2.05 bits per heavy atom.